The SMILES string of the molecule is C#CCOC(=O)N1CCC(c2nc(C(=O)Nc3ccc(C(=O)OC(C)C)cc3)cs2)CC1. The second kappa shape index (κ2) is 10.8. The number of likely N-dealkylation sites (tertiary alicyclic amines) is 1. The molecular weight excluding hydrogens is 430 g/mol. The zero-order chi connectivity index (χ0) is 23.1. The van der Waals surface area contributed by atoms with Crippen LogP contribution in [0.1, 0.15) is 58.5 Å². The van der Waals surface area contributed by atoms with Gasteiger partial charge in [-0.1, -0.05) is 5.92 Å². The number of benzene rings is 1. The van der Waals surface area contributed by atoms with E-state index in [4.69, 9.17) is 15.9 Å². The first-order valence-electron chi connectivity index (χ1n) is 10.3. The molecule has 0 aliphatic carbocycles. The molecule has 32 heavy (non-hydrogen) atoms. The van der Waals surface area contributed by atoms with Gasteiger partial charge >= 0.3 is 12.1 Å². The monoisotopic (exact) mass is 455 g/mol. The van der Waals surface area contributed by atoms with E-state index in [2.05, 4.69) is 16.2 Å². The van der Waals surface area contributed by atoms with E-state index in [0.717, 1.165) is 17.8 Å². The van der Waals surface area contributed by atoms with Gasteiger partial charge in [0.2, 0.25) is 0 Å². The average molecular weight is 456 g/mol. The number of hydrogen-bond acceptors (Lipinski definition) is 7. The smallest absolute Gasteiger partial charge is 0.410 e. The summed E-state index contributed by atoms with van der Waals surface area (Å²) in [6.07, 6.45) is 6.00. The summed E-state index contributed by atoms with van der Waals surface area (Å²) < 4.78 is 10.1. The third-order valence-electron chi connectivity index (χ3n) is 4.86. The van der Waals surface area contributed by atoms with Crippen LogP contribution in [0.15, 0.2) is 29.6 Å². The largest absolute Gasteiger partial charge is 0.459 e. The summed E-state index contributed by atoms with van der Waals surface area (Å²) in [7, 11) is 0. The Balaban J connectivity index is 1.53. The van der Waals surface area contributed by atoms with Gasteiger partial charge < -0.3 is 19.7 Å². The summed E-state index contributed by atoms with van der Waals surface area (Å²) in [5.41, 5.74) is 1.32. The molecule has 0 radical (unpaired) electrons. The summed E-state index contributed by atoms with van der Waals surface area (Å²) in [5.74, 6) is 1.74. The molecule has 8 nitrogen and oxygen atoms in total. The van der Waals surface area contributed by atoms with Gasteiger partial charge in [-0.15, -0.1) is 17.8 Å². The summed E-state index contributed by atoms with van der Waals surface area (Å²) >= 11 is 1.44. The first kappa shape index (κ1) is 23.3. The third kappa shape index (κ3) is 6.08. The van der Waals surface area contributed by atoms with Crippen molar-refractivity contribution in [2.75, 3.05) is 25.0 Å². The van der Waals surface area contributed by atoms with Crippen molar-refractivity contribution in [2.24, 2.45) is 0 Å². The van der Waals surface area contributed by atoms with Crippen LogP contribution >= 0.6 is 11.3 Å². The number of hydrogen-bond donors (Lipinski definition) is 1. The minimum Gasteiger partial charge on any atom is -0.459 e. The lowest BCUT2D eigenvalue weighted by Gasteiger charge is -2.30. The first-order chi connectivity index (χ1) is 15.4. The highest BCUT2D eigenvalue weighted by Gasteiger charge is 2.27. The molecule has 0 unspecified atom stereocenters. The van der Waals surface area contributed by atoms with Crippen molar-refractivity contribution in [1.82, 2.24) is 9.88 Å². The molecule has 1 aromatic heterocycles. The molecule has 1 aliphatic rings. The molecule has 168 valence electrons. The van der Waals surface area contributed by atoms with Gasteiger partial charge in [-0.25, -0.2) is 14.6 Å². The Kier molecular flexibility index (Phi) is 7.84. The van der Waals surface area contributed by atoms with Gasteiger partial charge in [0, 0.05) is 30.1 Å². The van der Waals surface area contributed by atoms with E-state index in [1.54, 1.807) is 48.4 Å². The standard InChI is InChI=1S/C23H25N3O5S/c1-4-13-30-23(29)26-11-9-16(10-12-26)21-25-19(14-32-21)20(27)24-18-7-5-17(6-8-18)22(28)31-15(2)3/h1,5-8,14-16H,9-13H2,2-3H3,(H,24,27). The maximum absolute atomic E-state index is 12.6. The quantitative estimate of drug-likeness (QED) is 0.524. The fraction of sp³-hybridized carbons (Fsp3) is 0.391. The van der Waals surface area contributed by atoms with E-state index in [1.165, 1.54) is 11.3 Å². The molecule has 2 amide bonds. The predicted octanol–water partition coefficient (Wildman–Crippen LogP) is 3.91. The lowest BCUT2D eigenvalue weighted by molar-refractivity contribution is 0.0377. The molecule has 0 spiro atoms. The van der Waals surface area contributed by atoms with Gasteiger partial charge in [-0.3, -0.25) is 4.79 Å². The average Bonchev–Trinajstić information content (AvgIpc) is 3.28. The zero-order valence-corrected chi connectivity index (χ0v) is 18.8. The number of nitrogens with one attached hydrogen (secondary N) is 1. The van der Waals surface area contributed by atoms with Crippen LogP contribution in [0, 0.1) is 12.3 Å². The fourth-order valence-corrected chi connectivity index (χ4v) is 4.22. The Labute approximate surface area is 190 Å². The molecule has 3 rings (SSSR count). The lowest BCUT2D eigenvalue weighted by atomic mass is 9.98. The Morgan fingerprint density at radius 2 is 1.94 bits per heavy atom. The van der Waals surface area contributed by atoms with E-state index >= 15 is 0 Å². The summed E-state index contributed by atoms with van der Waals surface area (Å²) in [6, 6.07) is 6.51. The topological polar surface area (TPSA) is 97.8 Å². The van der Waals surface area contributed by atoms with Crippen molar-refractivity contribution >= 4 is 35.0 Å². The van der Waals surface area contributed by atoms with Crippen molar-refractivity contribution < 1.29 is 23.9 Å². The van der Waals surface area contributed by atoms with Gasteiger partial charge in [0.15, 0.2) is 6.61 Å². The van der Waals surface area contributed by atoms with E-state index in [0.29, 0.717) is 30.0 Å². The molecule has 9 heteroatoms. The van der Waals surface area contributed by atoms with E-state index in [9.17, 15) is 14.4 Å². The van der Waals surface area contributed by atoms with Crippen LogP contribution in [0.4, 0.5) is 10.5 Å². The first-order valence-corrected chi connectivity index (χ1v) is 11.2. The molecule has 1 aromatic carbocycles. The van der Waals surface area contributed by atoms with Crippen LogP contribution in [-0.2, 0) is 9.47 Å². The van der Waals surface area contributed by atoms with E-state index < -0.39 is 12.1 Å². The summed E-state index contributed by atoms with van der Waals surface area (Å²) in [4.78, 5) is 42.5. The maximum Gasteiger partial charge on any atom is 0.410 e. The van der Waals surface area contributed by atoms with Gasteiger partial charge in [-0.05, 0) is 51.0 Å². The second-order valence-corrected chi connectivity index (χ2v) is 8.47. The van der Waals surface area contributed by atoms with Crippen molar-refractivity contribution in [3.8, 4) is 12.3 Å². The van der Waals surface area contributed by atoms with Gasteiger partial charge in [0.25, 0.3) is 5.91 Å². The molecule has 2 aromatic rings. The number of aromatic nitrogens is 1. The summed E-state index contributed by atoms with van der Waals surface area (Å²) in [6.45, 7) is 4.65. The number of carbonyl (C=O) groups is 3. The van der Waals surface area contributed by atoms with Crippen LogP contribution in [0.5, 0.6) is 0 Å². The molecule has 0 saturated carbocycles. The lowest BCUT2D eigenvalue weighted by Crippen LogP contribution is -2.38. The van der Waals surface area contributed by atoms with Gasteiger partial charge in [-0.2, -0.15) is 0 Å². The minimum absolute atomic E-state index is 0.0333. The molecule has 1 saturated heterocycles. The molecule has 1 N–H and O–H groups in total. The minimum atomic E-state index is -0.405. The number of terminal acetylenes is 1. The van der Waals surface area contributed by atoms with Crippen LogP contribution in [-0.4, -0.2) is 53.7 Å². The van der Waals surface area contributed by atoms with Crippen LogP contribution in [0.3, 0.4) is 0 Å². The molecule has 2 heterocycles. The van der Waals surface area contributed by atoms with Crippen LogP contribution < -0.4 is 5.32 Å². The normalized spacial score (nSPS) is 14.0. The Bertz CT molecular complexity index is 1000. The predicted molar refractivity (Wildman–Crippen MR) is 121 cm³/mol. The number of piperidine rings is 1. The Hall–Kier alpha value is -3.38. The third-order valence-corrected chi connectivity index (χ3v) is 5.86. The molecule has 1 fully saturated rings. The number of nitrogens with zero attached hydrogens (tertiary/aromatic N) is 2. The second-order valence-electron chi connectivity index (χ2n) is 7.58. The molecule has 0 bridgehead atoms. The summed E-state index contributed by atoms with van der Waals surface area (Å²) in [5, 5.41) is 5.39. The number of thiazole rings is 1. The molecular formula is C23H25N3O5S. The van der Waals surface area contributed by atoms with Gasteiger partial charge in [0.05, 0.1) is 16.7 Å². The van der Waals surface area contributed by atoms with Crippen molar-refractivity contribution in [1.29, 1.82) is 0 Å². The van der Waals surface area contributed by atoms with E-state index in [-0.39, 0.29) is 24.5 Å². The fourth-order valence-electron chi connectivity index (χ4n) is 3.25. The highest BCUT2D eigenvalue weighted by Crippen LogP contribution is 2.30. The van der Waals surface area contributed by atoms with Crippen LogP contribution in [0.2, 0.25) is 0 Å². The molecule has 0 atom stereocenters. The number of ether oxygens (including phenoxy) is 2. The highest BCUT2D eigenvalue weighted by molar-refractivity contribution is 7.10. The Morgan fingerprint density at radius 1 is 1.25 bits per heavy atom. The van der Waals surface area contributed by atoms with Crippen molar-refractivity contribution in [3.63, 3.8) is 0 Å². The van der Waals surface area contributed by atoms with Crippen LogP contribution in [0.25, 0.3) is 0 Å². The number of rotatable bonds is 6. The number of carbonyl (C=O) groups excluding carboxylic acids is 3. The number of amides is 2. The number of anilines is 1. The van der Waals surface area contributed by atoms with E-state index in [1.807, 2.05) is 0 Å². The van der Waals surface area contributed by atoms with Gasteiger partial charge in [0.1, 0.15) is 5.69 Å². The Morgan fingerprint density at radius 3 is 2.56 bits per heavy atom. The molecule has 1 aliphatic heterocycles. The maximum atomic E-state index is 12.6. The zero-order valence-electron chi connectivity index (χ0n) is 18.0. The van der Waals surface area contributed by atoms with Crippen molar-refractivity contribution in [3.05, 3.63) is 45.9 Å². The highest BCUT2D eigenvalue weighted by atomic mass is 32.1. The van der Waals surface area contributed by atoms with Crippen molar-refractivity contribution in [2.45, 2.75) is 38.7 Å². The number of esters is 1.